The van der Waals surface area contributed by atoms with Crippen molar-refractivity contribution in [3.05, 3.63) is 218 Å². The third-order valence-corrected chi connectivity index (χ3v) is 16.3. The molecule has 0 amide bonds. The molecule has 0 saturated carbocycles. The molecular formula is C85H90N20O7. The van der Waals surface area contributed by atoms with E-state index < -0.39 is 32.8 Å². The molecule has 0 fully saturated rings. The van der Waals surface area contributed by atoms with Gasteiger partial charge < -0.3 is 54.0 Å². The number of rotatable bonds is 21. The van der Waals surface area contributed by atoms with Crippen LogP contribution in [-0.4, -0.2) is 149 Å². The molecule has 8 aromatic heterocycles. The van der Waals surface area contributed by atoms with Crippen LogP contribution in [0.2, 0.25) is 0 Å². The first kappa shape index (κ1) is 69.5. The molecule has 0 spiro atoms. The van der Waals surface area contributed by atoms with Crippen molar-refractivity contribution in [3.63, 3.8) is 0 Å². The normalized spacial score (nSPS) is 12.5. The summed E-state index contributed by atoms with van der Waals surface area (Å²) in [7, 11) is 6.06. The van der Waals surface area contributed by atoms with E-state index in [0.29, 0.717) is 81.3 Å². The molecule has 4 N–H and O–H groups in total. The number of aliphatic hydroxyl groups is 1. The van der Waals surface area contributed by atoms with E-state index >= 15 is 0 Å². The van der Waals surface area contributed by atoms with Gasteiger partial charge >= 0.3 is 0 Å². The zero-order valence-corrected chi connectivity index (χ0v) is 60.6. The van der Waals surface area contributed by atoms with E-state index in [4.69, 9.17) is 61.7 Å². The Morgan fingerprint density at radius 2 is 0.821 bits per heavy atom. The Hall–Kier alpha value is -14.2. The molecule has 8 heterocycles. The Labute approximate surface area is 664 Å². The summed E-state index contributed by atoms with van der Waals surface area (Å²) in [5.41, 5.74) is 18.8. The fourth-order valence-electron chi connectivity index (χ4n) is 11.1. The predicted molar refractivity (Wildman–Crippen MR) is 441 cm³/mol. The molecule has 27 heteroatoms. The smallest absolute Gasteiger partial charge is 0.141 e. The molecule has 0 aliphatic heterocycles. The number of nitrogen functional groups attached to an aromatic ring is 1. The van der Waals surface area contributed by atoms with Crippen molar-refractivity contribution in [2.45, 2.75) is 48.4 Å². The first-order valence-corrected chi connectivity index (χ1v) is 33.5. The fourth-order valence-corrected chi connectivity index (χ4v) is 11.1. The van der Waals surface area contributed by atoms with Crippen molar-refractivity contribution in [2.75, 3.05) is 82.5 Å². The third kappa shape index (κ3) is 20.5. The van der Waals surface area contributed by atoms with Crippen molar-refractivity contribution < 1.29 is 45.9 Å². The third-order valence-electron chi connectivity index (χ3n) is 16.3. The fraction of sp³-hybridized carbons (Fsp3) is 0.224. The first-order chi connectivity index (χ1) is 56.3. The number of aromatic nitrogens is 14. The van der Waals surface area contributed by atoms with E-state index in [-0.39, 0.29) is 45.2 Å². The lowest BCUT2D eigenvalue weighted by molar-refractivity contribution is 0.135. The number of anilines is 7. The highest BCUT2D eigenvalue weighted by Crippen LogP contribution is 2.38. The molecule has 1 atom stereocenters. The minimum absolute atomic E-state index is 0. The van der Waals surface area contributed by atoms with E-state index in [1.165, 1.54) is 12.1 Å². The van der Waals surface area contributed by atoms with E-state index in [1.54, 1.807) is 137 Å². The molecule has 14 aromatic rings. The minimum Gasteiger partial charge on any atom is -0.497 e. The molecule has 572 valence electrons. The van der Waals surface area contributed by atoms with Gasteiger partial charge in [-0.15, -0.1) is 0 Å². The molecule has 0 bridgehead atoms. The van der Waals surface area contributed by atoms with Gasteiger partial charge in [0.15, 0.2) is 0 Å². The van der Waals surface area contributed by atoms with Gasteiger partial charge in [-0.05, 0) is 105 Å². The first-order valence-electron chi connectivity index (χ1n) is 38.0. The van der Waals surface area contributed by atoms with Crippen molar-refractivity contribution in [1.29, 1.82) is 5.26 Å². The quantitative estimate of drug-likeness (QED) is 0.0445. The molecule has 1 unspecified atom stereocenters. The maximum absolute atomic E-state index is 11.1. The van der Waals surface area contributed by atoms with Gasteiger partial charge in [-0.2, -0.15) is 20.6 Å². The predicted octanol–water partition coefficient (Wildman–Crippen LogP) is 14.1. The van der Waals surface area contributed by atoms with Crippen LogP contribution in [0.1, 0.15) is 65.5 Å². The van der Waals surface area contributed by atoms with E-state index in [1.807, 2.05) is 122 Å². The van der Waals surface area contributed by atoms with Crippen LogP contribution >= 0.6 is 0 Å². The van der Waals surface area contributed by atoms with Crippen LogP contribution in [0.15, 0.2) is 201 Å². The van der Waals surface area contributed by atoms with Crippen LogP contribution < -0.4 is 54.2 Å². The number of benzene rings is 6. The highest BCUT2D eigenvalue weighted by molar-refractivity contribution is 5.86. The minimum atomic E-state index is -2.99. The lowest BCUT2D eigenvalue weighted by Crippen LogP contribution is -2.42. The van der Waals surface area contributed by atoms with E-state index in [0.717, 1.165) is 90.4 Å². The van der Waals surface area contributed by atoms with Crippen molar-refractivity contribution >= 4 is 73.0 Å². The summed E-state index contributed by atoms with van der Waals surface area (Å²) in [5, 5.41) is 35.3. The van der Waals surface area contributed by atoms with Gasteiger partial charge in [0.2, 0.25) is 0 Å². The van der Waals surface area contributed by atoms with Crippen LogP contribution in [-0.2, 0) is 21.1 Å². The average Bonchev–Trinajstić information content (AvgIpc) is 1.24. The van der Waals surface area contributed by atoms with Gasteiger partial charge in [0.05, 0.1) is 162 Å². The maximum Gasteiger partial charge on any atom is 0.141 e. The van der Waals surface area contributed by atoms with Crippen LogP contribution in [0.25, 0.3) is 66.9 Å². The zero-order valence-electron chi connectivity index (χ0n) is 69.6. The molecule has 14 rings (SSSR count). The highest BCUT2D eigenvalue weighted by Gasteiger charge is 2.21. The molecule has 0 aliphatic rings. The van der Waals surface area contributed by atoms with Crippen LogP contribution in [0, 0.1) is 35.0 Å². The van der Waals surface area contributed by atoms with Crippen molar-refractivity contribution in [1.82, 2.24) is 74.5 Å². The summed E-state index contributed by atoms with van der Waals surface area (Å²) in [4.78, 5) is 41.4. The van der Waals surface area contributed by atoms with E-state index in [2.05, 4.69) is 79.1 Å². The second-order valence-electron chi connectivity index (χ2n) is 24.3. The number of ether oxygens (including phenoxy) is 6. The van der Waals surface area contributed by atoms with Crippen LogP contribution in [0.3, 0.4) is 0 Å². The largest absolute Gasteiger partial charge is 0.497 e. The second-order valence-corrected chi connectivity index (χ2v) is 24.3. The number of nitrogens with one attached hydrogen (secondary N) is 1. The van der Waals surface area contributed by atoms with Gasteiger partial charge in [-0.3, -0.25) is 34.3 Å². The standard InChI is InChI=1S/C29H23N7O2.C28H25N7O2.C25H30N6O3.3CH4/c1-35-19-20(17-32-35)29-18-31-27-10-9-23(14-28(27)34-29)36(24-12-25(37-2)15-26(13-24)38-3)11-5-8-21-6-4-7-22(16-30)33-21;1-34-18-19(16-31-34)27-17-30-25-10-9-21(14-26(25)33-27)35(11-5-7-20-6-4-8-28(29)32-20)22-12-23(36-2)15-24(13-22)37-3;1-16(2)28-25(32)15-31(19-8-20(33-4)11-21(9-19)34-5)18-6-7-22-23(10-18)29-24(13-26-22)17-12-27-30(3)14-17;;;/h4,6-7,9-10,12-15,17-19H,11H2,1-3H3;4,6,8-10,12-18H,11H2,1-3H3,(H2,29,32);6-14,16,25,28,32H,15H2,1-5H3;3*1H4/i;;4D3,5D3,15D2,25D;;;. The Kier molecular flexibility index (Phi) is 23.6. The van der Waals surface area contributed by atoms with Gasteiger partial charge in [0.25, 0.3) is 0 Å². The van der Waals surface area contributed by atoms with E-state index in [9.17, 15) is 5.11 Å². The number of pyridine rings is 2. The summed E-state index contributed by atoms with van der Waals surface area (Å²) in [6.07, 6.45) is 12.8. The number of hydrogen-bond acceptors (Lipinski definition) is 24. The maximum atomic E-state index is 11.1. The average molecular weight is 1510 g/mol. The Morgan fingerprint density at radius 1 is 0.464 bits per heavy atom. The van der Waals surface area contributed by atoms with Crippen LogP contribution in [0.5, 0.6) is 34.5 Å². The summed E-state index contributed by atoms with van der Waals surface area (Å²) >= 11 is 0. The molecule has 0 aliphatic carbocycles. The van der Waals surface area contributed by atoms with Crippen molar-refractivity contribution in [3.8, 4) is 98.0 Å². The topological polar surface area (TPSA) is 304 Å². The molecule has 0 saturated heterocycles. The zero-order chi connectivity index (χ0) is 84.2. The number of nitrogens with zero attached hydrogens (tertiary/aromatic N) is 18. The summed E-state index contributed by atoms with van der Waals surface area (Å²) in [6, 6.07) is 43.0. The number of hydrogen-bond donors (Lipinski definition) is 3. The van der Waals surface area contributed by atoms with Crippen LogP contribution in [0.4, 0.5) is 39.9 Å². The number of aryl methyl sites for hydroxylation is 3. The summed E-state index contributed by atoms with van der Waals surface area (Å²) < 4.78 is 109. The number of methoxy groups -OCH3 is 6. The van der Waals surface area contributed by atoms with Gasteiger partial charge in [-0.1, -0.05) is 46.3 Å². The van der Waals surface area contributed by atoms with Gasteiger partial charge in [0, 0.05) is 151 Å². The molecule has 27 nitrogen and oxygen atoms in total. The summed E-state index contributed by atoms with van der Waals surface area (Å²) in [5.74, 6) is 14.9. The monoisotopic (exact) mass is 1510 g/mol. The number of nitrogens with two attached hydrogens (primary N) is 1. The van der Waals surface area contributed by atoms with Crippen molar-refractivity contribution in [2.24, 2.45) is 21.1 Å². The highest BCUT2D eigenvalue weighted by atomic mass is 16.5. The number of nitriles is 1. The molecule has 0 radical (unpaired) electrons. The second kappa shape index (κ2) is 38.1. The molecule has 6 aromatic carbocycles. The Bertz CT molecular complexity index is 6070. The lowest BCUT2D eigenvalue weighted by atomic mass is 10.2. The van der Waals surface area contributed by atoms with Gasteiger partial charge in [0.1, 0.15) is 69.7 Å². The number of fused-ring (bicyclic) bond motifs is 3. The molecule has 112 heavy (non-hydrogen) atoms. The summed E-state index contributed by atoms with van der Waals surface area (Å²) in [6.45, 7) is 0.927. The lowest BCUT2D eigenvalue weighted by Gasteiger charge is -2.29. The Balaban J connectivity index is 0.000000204. The SMILES string of the molecule is C.C.C.COc1cc(OC)cc(N(CC#Cc2cccc(C#N)n2)c2ccc3ncc(-c4cnn(C)c4)nc3c2)c1.COc1cc(OC)cc(N(CC#Cc2cccc(N)n2)c2ccc3ncc(-c4cnn(C)c4)nc3c2)c1.[2H]C([2H])([2H])Oc1cc(OC([2H])([2H])[2H])cc(N(c2ccc3ncc(-c4cnn(C)c4)nc3c2)C([2H])([2H])C([2H])(O)NC(C)C)c1. The Morgan fingerprint density at radius 3 is 1.17 bits per heavy atom. The van der Waals surface area contributed by atoms with Gasteiger partial charge in [-0.25, -0.2) is 24.9 Å². The molecular weight excluding hydrogens is 1410 g/mol.